The summed E-state index contributed by atoms with van der Waals surface area (Å²) < 4.78 is 17.3. The fourth-order valence-electron chi connectivity index (χ4n) is 3.05. The summed E-state index contributed by atoms with van der Waals surface area (Å²) in [6, 6.07) is 10.5. The average Bonchev–Trinajstić information content (AvgIpc) is 3.03. The zero-order valence-electron chi connectivity index (χ0n) is 16.9. The molecule has 0 fully saturated rings. The van der Waals surface area contributed by atoms with Crippen molar-refractivity contribution in [3.05, 3.63) is 63.0 Å². The molecule has 1 heterocycles. The topological polar surface area (TPSA) is 77.8 Å². The first-order chi connectivity index (χ1) is 13.9. The van der Waals surface area contributed by atoms with Crippen molar-refractivity contribution in [2.24, 2.45) is 4.99 Å². The molecular formula is C21H22ClN3O4. The number of hydrogen-bond acceptors (Lipinski definition) is 5. The number of rotatable bonds is 6. The lowest BCUT2D eigenvalue weighted by Gasteiger charge is -2.09. The van der Waals surface area contributed by atoms with E-state index in [4.69, 9.17) is 25.8 Å². The zero-order valence-corrected chi connectivity index (χ0v) is 17.6. The van der Waals surface area contributed by atoms with E-state index < -0.39 is 0 Å². The summed E-state index contributed by atoms with van der Waals surface area (Å²) in [5, 5.41) is 3.52. The van der Waals surface area contributed by atoms with Crippen LogP contribution in [0.15, 0.2) is 46.2 Å². The highest BCUT2D eigenvalue weighted by Gasteiger charge is 2.17. The largest absolute Gasteiger partial charge is 0.497 e. The van der Waals surface area contributed by atoms with Crippen LogP contribution in [0.3, 0.4) is 0 Å². The molecule has 0 radical (unpaired) electrons. The van der Waals surface area contributed by atoms with Crippen LogP contribution in [0, 0.1) is 6.92 Å². The van der Waals surface area contributed by atoms with Gasteiger partial charge in [-0.05, 0) is 38.1 Å². The first-order valence-electron chi connectivity index (χ1n) is 8.82. The van der Waals surface area contributed by atoms with E-state index in [1.54, 1.807) is 50.4 Å². The molecule has 0 aliphatic carbocycles. The van der Waals surface area contributed by atoms with Crippen molar-refractivity contribution in [1.82, 2.24) is 9.78 Å². The van der Waals surface area contributed by atoms with Crippen molar-refractivity contribution in [3.63, 3.8) is 0 Å². The van der Waals surface area contributed by atoms with E-state index in [1.807, 2.05) is 6.92 Å². The molecule has 0 spiro atoms. The molecule has 0 saturated heterocycles. The van der Waals surface area contributed by atoms with Crippen LogP contribution < -0.4 is 19.8 Å². The van der Waals surface area contributed by atoms with Crippen molar-refractivity contribution in [2.75, 3.05) is 21.3 Å². The third-order valence-electron chi connectivity index (χ3n) is 4.51. The van der Waals surface area contributed by atoms with Gasteiger partial charge in [-0.15, -0.1) is 0 Å². The molecule has 7 nitrogen and oxygen atoms in total. The summed E-state index contributed by atoms with van der Waals surface area (Å²) >= 11 is 6.16. The monoisotopic (exact) mass is 415 g/mol. The molecule has 0 atom stereocenters. The Bertz CT molecular complexity index is 1110. The molecule has 0 saturated carbocycles. The molecule has 0 aliphatic rings. The van der Waals surface area contributed by atoms with Gasteiger partial charge in [-0.1, -0.05) is 11.6 Å². The third-order valence-corrected chi connectivity index (χ3v) is 4.80. The first kappa shape index (κ1) is 20.5. The Morgan fingerprint density at radius 1 is 1.03 bits per heavy atom. The van der Waals surface area contributed by atoms with Gasteiger partial charge in [0, 0.05) is 17.8 Å². The Morgan fingerprint density at radius 2 is 1.69 bits per heavy atom. The minimum absolute atomic E-state index is 0.200. The van der Waals surface area contributed by atoms with Crippen LogP contribution in [0.25, 0.3) is 5.69 Å². The molecular weight excluding hydrogens is 394 g/mol. The number of ether oxygens (including phenoxy) is 3. The van der Waals surface area contributed by atoms with Crippen molar-refractivity contribution in [3.8, 4) is 22.9 Å². The van der Waals surface area contributed by atoms with Crippen LogP contribution in [-0.4, -0.2) is 36.8 Å². The van der Waals surface area contributed by atoms with Gasteiger partial charge in [-0.3, -0.25) is 9.89 Å². The zero-order chi connectivity index (χ0) is 21.1. The van der Waals surface area contributed by atoms with Gasteiger partial charge in [-0.25, -0.2) is 9.67 Å². The number of aromatic amines is 1. The SMILES string of the molecule is COc1ccc(-n2[nH]c(C)c(C(C)=Nc3cc(OC)c(Cl)cc3OC)c2=O)cc1. The van der Waals surface area contributed by atoms with E-state index in [-0.39, 0.29) is 5.56 Å². The molecule has 1 aromatic heterocycles. The average molecular weight is 416 g/mol. The summed E-state index contributed by atoms with van der Waals surface area (Å²) in [7, 11) is 4.65. The lowest BCUT2D eigenvalue weighted by Crippen LogP contribution is -2.19. The van der Waals surface area contributed by atoms with Gasteiger partial charge in [-0.2, -0.15) is 0 Å². The van der Waals surface area contributed by atoms with Crippen LogP contribution in [-0.2, 0) is 0 Å². The van der Waals surface area contributed by atoms with Crippen LogP contribution in [0.5, 0.6) is 17.2 Å². The molecule has 0 bridgehead atoms. The van der Waals surface area contributed by atoms with Gasteiger partial charge >= 0.3 is 0 Å². The number of nitrogens with one attached hydrogen (secondary N) is 1. The number of aryl methyl sites for hydroxylation is 1. The van der Waals surface area contributed by atoms with E-state index in [0.29, 0.717) is 50.6 Å². The highest BCUT2D eigenvalue weighted by Crippen LogP contribution is 2.38. The quantitative estimate of drug-likeness (QED) is 0.609. The van der Waals surface area contributed by atoms with E-state index in [0.717, 1.165) is 0 Å². The Balaban J connectivity index is 2.07. The number of H-pyrrole nitrogens is 1. The van der Waals surface area contributed by atoms with Crippen molar-refractivity contribution in [1.29, 1.82) is 0 Å². The summed E-state index contributed by atoms with van der Waals surface area (Å²) in [6.45, 7) is 3.60. The van der Waals surface area contributed by atoms with E-state index in [2.05, 4.69) is 10.1 Å². The number of hydrogen-bond donors (Lipinski definition) is 1. The second-order valence-electron chi connectivity index (χ2n) is 6.31. The van der Waals surface area contributed by atoms with E-state index in [1.165, 1.54) is 18.9 Å². The van der Waals surface area contributed by atoms with Crippen LogP contribution in [0.4, 0.5) is 5.69 Å². The highest BCUT2D eigenvalue weighted by molar-refractivity contribution is 6.32. The normalized spacial score (nSPS) is 11.4. The number of benzene rings is 2. The second-order valence-corrected chi connectivity index (χ2v) is 6.71. The van der Waals surface area contributed by atoms with Gasteiger partial charge in [0.2, 0.25) is 0 Å². The Hall–Kier alpha value is -3.19. The van der Waals surface area contributed by atoms with Gasteiger partial charge in [0.1, 0.15) is 22.9 Å². The number of methoxy groups -OCH3 is 3. The maximum absolute atomic E-state index is 13.1. The maximum Gasteiger partial charge on any atom is 0.280 e. The number of aromatic nitrogens is 2. The van der Waals surface area contributed by atoms with Gasteiger partial charge in [0.15, 0.2) is 0 Å². The molecule has 0 aliphatic heterocycles. The predicted molar refractivity (Wildman–Crippen MR) is 114 cm³/mol. The lowest BCUT2D eigenvalue weighted by atomic mass is 10.1. The number of nitrogens with zero attached hydrogens (tertiary/aromatic N) is 2. The van der Waals surface area contributed by atoms with E-state index in [9.17, 15) is 4.79 Å². The fourth-order valence-corrected chi connectivity index (χ4v) is 3.28. The number of halogens is 1. The fraction of sp³-hybridized carbons (Fsp3) is 0.238. The van der Waals surface area contributed by atoms with Crippen LogP contribution in [0.2, 0.25) is 5.02 Å². The van der Waals surface area contributed by atoms with Gasteiger partial charge in [0.25, 0.3) is 5.56 Å². The van der Waals surface area contributed by atoms with Crippen molar-refractivity contribution < 1.29 is 14.2 Å². The lowest BCUT2D eigenvalue weighted by molar-refractivity contribution is 0.404. The number of aliphatic imine (C=N–C) groups is 1. The first-order valence-corrected chi connectivity index (χ1v) is 9.20. The summed E-state index contributed by atoms with van der Waals surface area (Å²) in [4.78, 5) is 17.7. The van der Waals surface area contributed by atoms with Gasteiger partial charge in [0.05, 0.1) is 43.3 Å². The highest BCUT2D eigenvalue weighted by atomic mass is 35.5. The molecule has 8 heteroatoms. The van der Waals surface area contributed by atoms with Crippen molar-refractivity contribution >= 4 is 23.0 Å². The van der Waals surface area contributed by atoms with E-state index >= 15 is 0 Å². The van der Waals surface area contributed by atoms with Gasteiger partial charge < -0.3 is 14.2 Å². The Kier molecular flexibility index (Phi) is 5.98. The Morgan fingerprint density at radius 3 is 2.28 bits per heavy atom. The third kappa shape index (κ3) is 4.00. The minimum Gasteiger partial charge on any atom is -0.497 e. The summed E-state index contributed by atoms with van der Waals surface area (Å²) in [5.41, 5.74) is 2.74. The second kappa shape index (κ2) is 8.45. The molecule has 3 aromatic rings. The molecule has 29 heavy (non-hydrogen) atoms. The summed E-state index contributed by atoms with van der Waals surface area (Å²) in [5.74, 6) is 1.67. The van der Waals surface area contributed by atoms with Crippen LogP contribution in [0.1, 0.15) is 18.2 Å². The Labute approximate surface area is 173 Å². The molecule has 0 amide bonds. The summed E-state index contributed by atoms with van der Waals surface area (Å²) in [6.07, 6.45) is 0. The molecule has 1 N–H and O–H groups in total. The predicted octanol–water partition coefficient (Wildman–Crippen LogP) is 4.29. The molecule has 0 unspecified atom stereocenters. The smallest absolute Gasteiger partial charge is 0.280 e. The van der Waals surface area contributed by atoms with Crippen LogP contribution >= 0.6 is 11.6 Å². The minimum atomic E-state index is -0.200. The molecule has 3 rings (SSSR count). The molecule has 152 valence electrons. The van der Waals surface area contributed by atoms with Crippen molar-refractivity contribution in [2.45, 2.75) is 13.8 Å². The standard InChI is InChI=1S/C21H22ClN3O4/c1-12(23-17-11-18(28-4)16(22)10-19(17)29-5)20-13(2)24-25(21(20)26)14-6-8-15(27-3)9-7-14/h6-11,24H,1-5H3. The maximum atomic E-state index is 13.1. The molecule has 2 aromatic carbocycles.